The highest BCUT2D eigenvalue weighted by Crippen LogP contribution is 2.38. The van der Waals surface area contributed by atoms with E-state index < -0.39 is 0 Å². The fourth-order valence-corrected chi connectivity index (χ4v) is 6.25. The van der Waals surface area contributed by atoms with E-state index in [9.17, 15) is 9.59 Å². The molecule has 0 aliphatic carbocycles. The largest absolute Gasteiger partial charge is 0.494 e. The number of nitrogens with zero attached hydrogens (tertiary/aromatic N) is 5. The van der Waals surface area contributed by atoms with E-state index in [4.69, 9.17) is 4.74 Å². The maximum absolute atomic E-state index is 14.4. The van der Waals surface area contributed by atoms with E-state index in [-0.39, 0.29) is 29.1 Å². The summed E-state index contributed by atoms with van der Waals surface area (Å²) in [4.78, 5) is 40.6. The van der Waals surface area contributed by atoms with Gasteiger partial charge in [0.1, 0.15) is 29.7 Å². The zero-order chi connectivity index (χ0) is 35.7. The lowest BCUT2D eigenvalue weighted by atomic mass is 9.88. The van der Waals surface area contributed by atoms with Crippen LogP contribution in [-0.4, -0.2) is 43.9 Å². The highest BCUT2D eigenvalue weighted by molar-refractivity contribution is 6.03. The number of carbonyl (C=O) groups is 1. The van der Waals surface area contributed by atoms with Crippen LogP contribution in [-0.2, 0) is 13.0 Å². The monoisotopic (exact) mass is 683 g/mol. The molecule has 10 nitrogen and oxygen atoms in total. The number of H-pyrrole nitrogens is 1. The van der Waals surface area contributed by atoms with E-state index in [0.717, 1.165) is 58.5 Å². The summed E-state index contributed by atoms with van der Waals surface area (Å²) in [5.41, 5.74) is 6.48. The van der Waals surface area contributed by atoms with Crippen molar-refractivity contribution in [1.29, 1.82) is 0 Å². The van der Waals surface area contributed by atoms with E-state index in [1.807, 2.05) is 42.5 Å². The Morgan fingerprint density at radius 1 is 0.902 bits per heavy atom. The number of amides is 2. The third kappa shape index (κ3) is 8.70. The molecule has 0 aliphatic rings. The standard InChI is InChI=1S/C41H45N7O3/c1-28(2)35-23-33(31-15-8-17-34(22-31)51-21-11-19-47-27-42-26-44-47)24-36(29(3)4)38(35)45-41(50)48(20-10-14-30-12-6-5-7-13-30)37-25-32-16-9-18-43-39(32)46-40(37)49/h5-9,12-13,15-18,22-29H,10-11,14,19-21H2,1-4H3,(H,45,50)(H,43,46,49). The molecule has 3 aromatic carbocycles. The molecule has 0 saturated heterocycles. The van der Waals surface area contributed by atoms with Crippen molar-refractivity contribution in [2.24, 2.45) is 0 Å². The Balaban J connectivity index is 1.29. The maximum atomic E-state index is 14.4. The van der Waals surface area contributed by atoms with Crippen LogP contribution in [0, 0.1) is 0 Å². The number of ether oxygens (including phenoxy) is 1. The summed E-state index contributed by atoms with van der Waals surface area (Å²) >= 11 is 0. The van der Waals surface area contributed by atoms with E-state index in [0.29, 0.717) is 25.2 Å². The van der Waals surface area contributed by atoms with Gasteiger partial charge < -0.3 is 15.0 Å². The minimum atomic E-state index is -0.361. The lowest BCUT2D eigenvalue weighted by Crippen LogP contribution is -2.39. The molecule has 0 bridgehead atoms. The SMILES string of the molecule is CC(C)c1cc(-c2cccc(OCCCn3cncn3)c2)cc(C(C)C)c1NC(=O)N(CCCc1ccccc1)c1cc2cccnc2[nH]c1=O. The molecule has 0 spiro atoms. The van der Waals surface area contributed by atoms with Gasteiger partial charge in [-0.3, -0.25) is 14.4 Å². The average molecular weight is 684 g/mol. The van der Waals surface area contributed by atoms with Gasteiger partial charge in [0, 0.05) is 36.8 Å². The second kappa shape index (κ2) is 16.3. The number of anilines is 2. The van der Waals surface area contributed by atoms with Crippen LogP contribution in [0.25, 0.3) is 22.2 Å². The number of hydrogen-bond donors (Lipinski definition) is 2. The number of hydrogen-bond acceptors (Lipinski definition) is 6. The highest BCUT2D eigenvalue weighted by Gasteiger charge is 2.24. The normalized spacial score (nSPS) is 11.3. The number of nitrogens with one attached hydrogen (secondary N) is 2. The van der Waals surface area contributed by atoms with Gasteiger partial charge in [-0.1, -0.05) is 70.2 Å². The van der Waals surface area contributed by atoms with Gasteiger partial charge in [0.15, 0.2) is 0 Å². The molecule has 2 N–H and O–H groups in total. The first-order chi connectivity index (χ1) is 24.8. The molecule has 0 saturated carbocycles. The predicted molar refractivity (Wildman–Crippen MR) is 204 cm³/mol. The van der Waals surface area contributed by atoms with Crippen molar-refractivity contribution in [3.63, 3.8) is 0 Å². The number of benzene rings is 3. The second-order valence-electron chi connectivity index (χ2n) is 13.3. The summed E-state index contributed by atoms with van der Waals surface area (Å²) in [7, 11) is 0. The molecule has 262 valence electrons. The Labute approximate surface area is 298 Å². The Morgan fingerprint density at radius 3 is 2.41 bits per heavy atom. The number of fused-ring (bicyclic) bond motifs is 1. The summed E-state index contributed by atoms with van der Waals surface area (Å²) in [6.07, 6.45) is 7.13. The first-order valence-electron chi connectivity index (χ1n) is 17.6. The molecule has 0 atom stereocenters. The van der Waals surface area contributed by atoms with Gasteiger partial charge in [0.2, 0.25) is 0 Å². The van der Waals surface area contributed by atoms with Crippen LogP contribution in [0.5, 0.6) is 5.75 Å². The number of aryl methyl sites for hydroxylation is 2. The summed E-state index contributed by atoms with van der Waals surface area (Å²) in [5.74, 6) is 1.01. The van der Waals surface area contributed by atoms with Gasteiger partial charge in [-0.05, 0) is 95.0 Å². The molecule has 6 aromatic rings. The van der Waals surface area contributed by atoms with Gasteiger partial charge in [-0.25, -0.2) is 14.8 Å². The van der Waals surface area contributed by atoms with Gasteiger partial charge in [-0.2, -0.15) is 5.10 Å². The maximum Gasteiger partial charge on any atom is 0.326 e. The van der Waals surface area contributed by atoms with Crippen LogP contribution in [0.1, 0.15) is 69.1 Å². The Kier molecular flexibility index (Phi) is 11.2. The molecule has 0 fully saturated rings. The molecular formula is C41H45N7O3. The molecule has 3 heterocycles. The fraction of sp³-hybridized carbons (Fsp3) is 0.293. The Bertz CT molecular complexity index is 2100. The van der Waals surface area contributed by atoms with E-state index in [1.54, 1.807) is 28.2 Å². The molecule has 10 heteroatoms. The predicted octanol–water partition coefficient (Wildman–Crippen LogP) is 8.57. The van der Waals surface area contributed by atoms with Crippen molar-refractivity contribution >= 4 is 28.4 Å². The summed E-state index contributed by atoms with van der Waals surface area (Å²) in [6, 6.07) is 27.7. The van der Waals surface area contributed by atoms with Crippen molar-refractivity contribution in [3.8, 4) is 16.9 Å². The van der Waals surface area contributed by atoms with Crippen LogP contribution >= 0.6 is 0 Å². The Hall–Kier alpha value is -5.77. The number of rotatable bonds is 14. The van der Waals surface area contributed by atoms with Crippen molar-refractivity contribution in [1.82, 2.24) is 24.7 Å². The lowest BCUT2D eigenvalue weighted by molar-refractivity contribution is 0.256. The second-order valence-corrected chi connectivity index (χ2v) is 13.3. The summed E-state index contributed by atoms with van der Waals surface area (Å²) < 4.78 is 7.90. The molecule has 51 heavy (non-hydrogen) atoms. The molecule has 2 amide bonds. The van der Waals surface area contributed by atoms with Crippen LogP contribution in [0.2, 0.25) is 0 Å². The molecule has 3 aromatic heterocycles. The van der Waals surface area contributed by atoms with Crippen molar-refractivity contribution in [2.45, 2.75) is 65.3 Å². The quantitative estimate of drug-likeness (QED) is 0.111. The lowest BCUT2D eigenvalue weighted by Gasteiger charge is -2.27. The average Bonchev–Trinajstić information content (AvgIpc) is 3.66. The number of urea groups is 1. The van der Waals surface area contributed by atoms with Crippen molar-refractivity contribution < 1.29 is 9.53 Å². The van der Waals surface area contributed by atoms with Crippen LogP contribution < -0.4 is 20.5 Å². The summed E-state index contributed by atoms with van der Waals surface area (Å²) in [6.45, 7) is 10.2. The smallest absolute Gasteiger partial charge is 0.326 e. The fourth-order valence-electron chi connectivity index (χ4n) is 6.25. The topological polar surface area (TPSA) is 118 Å². The van der Waals surface area contributed by atoms with Gasteiger partial charge in [-0.15, -0.1) is 0 Å². The molecule has 6 rings (SSSR count). The van der Waals surface area contributed by atoms with Crippen LogP contribution in [0.3, 0.4) is 0 Å². The van der Waals surface area contributed by atoms with Crippen LogP contribution in [0.4, 0.5) is 16.2 Å². The van der Waals surface area contributed by atoms with Crippen molar-refractivity contribution in [2.75, 3.05) is 23.4 Å². The van der Waals surface area contributed by atoms with E-state index in [1.165, 1.54) is 11.9 Å². The highest BCUT2D eigenvalue weighted by atomic mass is 16.5. The van der Waals surface area contributed by atoms with Gasteiger partial charge in [0.05, 0.1) is 6.61 Å². The van der Waals surface area contributed by atoms with E-state index in [2.05, 4.69) is 89.5 Å². The zero-order valence-corrected chi connectivity index (χ0v) is 29.7. The molecule has 0 radical (unpaired) electrons. The third-order valence-electron chi connectivity index (χ3n) is 8.93. The zero-order valence-electron chi connectivity index (χ0n) is 29.7. The van der Waals surface area contributed by atoms with Gasteiger partial charge in [0.25, 0.3) is 5.56 Å². The first-order valence-corrected chi connectivity index (χ1v) is 17.6. The number of carbonyl (C=O) groups excluding carboxylic acids is 1. The molecular weight excluding hydrogens is 638 g/mol. The number of pyridine rings is 2. The minimum absolute atomic E-state index is 0.107. The van der Waals surface area contributed by atoms with Crippen molar-refractivity contribution in [3.05, 3.63) is 131 Å². The third-order valence-corrected chi connectivity index (χ3v) is 8.93. The summed E-state index contributed by atoms with van der Waals surface area (Å²) in [5, 5.41) is 8.19. The van der Waals surface area contributed by atoms with E-state index >= 15 is 0 Å². The number of aromatic nitrogens is 5. The number of aromatic amines is 1. The molecule has 0 aliphatic heterocycles. The van der Waals surface area contributed by atoms with Crippen LogP contribution in [0.15, 0.2) is 109 Å². The molecule has 0 unspecified atom stereocenters. The minimum Gasteiger partial charge on any atom is -0.494 e. The Morgan fingerprint density at radius 2 is 1.69 bits per heavy atom. The first kappa shape index (κ1) is 35.1. The van der Waals surface area contributed by atoms with Gasteiger partial charge >= 0.3 is 6.03 Å².